The molecule has 0 amide bonds. The largest absolute Gasteiger partial charge is 0.496 e. The van der Waals surface area contributed by atoms with E-state index in [1.54, 1.807) is 7.11 Å². The molecule has 0 radical (unpaired) electrons. The van der Waals surface area contributed by atoms with E-state index in [0.29, 0.717) is 24.2 Å². The molecule has 1 saturated carbocycles. The van der Waals surface area contributed by atoms with Gasteiger partial charge in [0.25, 0.3) is 0 Å². The van der Waals surface area contributed by atoms with Gasteiger partial charge in [0.15, 0.2) is 5.78 Å². The summed E-state index contributed by atoms with van der Waals surface area (Å²) in [5, 5.41) is 3.56. The molecule has 4 heteroatoms. The van der Waals surface area contributed by atoms with Crippen molar-refractivity contribution in [2.45, 2.75) is 50.6 Å². The lowest BCUT2D eigenvalue weighted by Gasteiger charge is -2.24. The normalized spacial score (nSPS) is 28.2. The molecule has 114 valence electrons. The molecule has 0 spiro atoms. The van der Waals surface area contributed by atoms with Gasteiger partial charge < -0.3 is 10.1 Å². The summed E-state index contributed by atoms with van der Waals surface area (Å²) in [7, 11) is 1.65. The molecular weight excluding hydrogens is 330 g/mol. The first-order valence-corrected chi connectivity index (χ1v) is 8.58. The van der Waals surface area contributed by atoms with Crippen LogP contribution in [0.2, 0.25) is 0 Å². The maximum Gasteiger partial charge on any atom is 0.154 e. The summed E-state index contributed by atoms with van der Waals surface area (Å²) in [6.07, 6.45) is 6.59. The average molecular weight is 352 g/mol. The van der Waals surface area contributed by atoms with Gasteiger partial charge >= 0.3 is 0 Å². The van der Waals surface area contributed by atoms with Crippen LogP contribution in [0.4, 0.5) is 0 Å². The Morgan fingerprint density at radius 3 is 2.95 bits per heavy atom. The van der Waals surface area contributed by atoms with Crippen molar-refractivity contribution in [3.05, 3.63) is 28.2 Å². The van der Waals surface area contributed by atoms with Gasteiger partial charge in [-0.2, -0.15) is 0 Å². The van der Waals surface area contributed by atoms with Gasteiger partial charge in [-0.1, -0.05) is 28.8 Å². The topological polar surface area (TPSA) is 38.3 Å². The Morgan fingerprint density at radius 1 is 1.38 bits per heavy atom. The van der Waals surface area contributed by atoms with Crippen LogP contribution in [0.25, 0.3) is 0 Å². The number of ether oxygens (including phenoxy) is 1. The van der Waals surface area contributed by atoms with Gasteiger partial charge in [-0.25, -0.2) is 0 Å². The minimum Gasteiger partial charge on any atom is -0.496 e. The van der Waals surface area contributed by atoms with Crippen LogP contribution in [0.15, 0.2) is 22.7 Å². The second kappa shape index (κ2) is 6.49. The Morgan fingerprint density at radius 2 is 2.19 bits per heavy atom. The van der Waals surface area contributed by atoms with Crippen LogP contribution in [0.3, 0.4) is 0 Å². The highest BCUT2D eigenvalue weighted by Gasteiger charge is 2.37. The fourth-order valence-electron chi connectivity index (χ4n) is 3.76. The summed E-state index contributed by atoms with van der Waals surface area (Å²) in [4.78, 5) is 12.6. The van der Waals surface area contributed by atoms with Gasteiger partial charge in [0.2, 0.25) is 0 Å². The number of rotatable bonds is 4. The monoisotopic (exact) mass is 351 g/mol. The summed E-state index contributed by atoms with van der Waals surface area (Å²) < 4.78 is 6.35. The van der Waals surface area contributed by atoms with Crippen molar-refractivity contribution in [2.75, 3.05) is 7.11 Å². The van der Waals surface area contributed by atoms with E-state index in [4.69, 9.17) is 4.74 Å². The van der Waals surface area contributed by atoms with Crippen LogP contribution in [0.5, 0.6) is 5.75 Å². The van der Waals surface area contributed by atoms with E-state index in [-0.39, 0.29) is 6.04 Å². The number of nitrogens with one attached hydrogen (secondary N) is 1. The van der Waals surface area contributed by atoms with E-state index in [0.717, 1.165) is 22.2 Å². The van der Waals surface area contributed by atoms with Gasteiger partial charge in [-0.05, 0) is 43.4 Å². The van der Waals surface area contributed by atoms with Crippen LogP contribution in [0.1, 0.15) is 37.7 Å². The Hall–Kier alpha value is -0.870. The van der Waals surface area contributed by atoms with Crippen molar-refractivity contribution in [1.29, 1.82) is 0 Å². The summed E-state index contributed by atoms with van der Waals surface area (Å²) in [6.45, 7) is 0. The van der Waals surface area contributed by atoms with Crippen molar-refractivity contribution in [3.63, 3.8) is 0 Å². The number of ketones is 1. The molecule has 1 heterocycles. The minimum atomic E-state index is 0.0294. The van der Waals surface area contributed by atoms with E-state index in [2.05, 4.69) is 21.2 Å². The molecule has 0 bridgehead atoms. The Labute approximate surface area is 134 Å². The Kier molecular flexibility index (Phi) is 4.65. The molecule has 2 aliphatic rings. The summed E-state index contributed by atoms with van der Waals surface area (Å²) >= 11 is 3.47. The second-order valence-corrected chi connectivity index (χ2v) is 7.12. The first-order chi connectivity index (χ1) is 10.2. The number of Topliss-reactive ketones (excluding diaryl/α,β-unsaturated/α-hetero) is 1. The molecule has 0 aromatic heterocycles. The summed E-state index contributed by atoms with van der Waals surface area (Å²) in [5.41, 5.74) is 0.966. The van der Waals surface area contributed by atoms with Crippen LogP contribution in [-0.2, 0) is 11.2 Å². The number of carbonyl (C=O) groups is 1. The highest BCUT2D eigenvalue weighted by Crippen LogP contribution is 2.34. The first-order valence-electron chi connectivity index (χ1n) is 7.78. The second-order valence-electron chi connectivity index (χ2n) is 6.21. The van der Waals surface area contributed by atoms with Crippen LogP contribution in [0, 0.1) is 5.92 Å². The quantitative estimate of drug-likeness (QED) is 0.902. The van der Waals surface area contributed by atoms with Crippen molar-refractivity contribution < 1.29 is 9.53 Å². The maximum absolute atomic E-state index is 12.6. The number of hydrogen-bond acceptors (Lipinski definition) is 3. The molecule has 1 aliphatic carbocycles. The predicted octanol–water partition coefficient (Wildman–Crippen LogP) is 3.49. The lowest BCUT2D eigenvalue weighted by molar-refractivity contribution is -0.120. The fourth-order valence-corrected chi connectivity index (χ4v) is 4.17. The lowest BCUT2D eigenvalue weighted by Crippen LogP contribution is -2.37. The van der Waals surface area contributed by atoms with E-state index >= 15 is 0 Å². The molecule has 3 nitrogen and oxygen atoms in total. The zero-order chi connectivity index (χ0) is 14.8. The third-order valence-electron chi connectivity index (χ3n) is 4.86. The number of fused-ring (bicyclic) bond motifs is 1. The van der Waals surface area contributed by atoms with E-state index in [1.165, 1.54) is 25.7 Å². The average Bonchev–Trinajstić information content (AvgIpc) is 2.91. The predicted molar refractivity (Wildman–Crippen MR) is 86.7 cm³/mol. The molecule has 1 N–H and O–H groups in total. The number of benzene rings is 1. The van der Waals surface area contributed by atoms with E-state index < -0.39 is 0 Å². The van der Waals surface area contributed by atoms with Gasteiger partial charge in [0.1, 0.15) is 5.75 Å². The van der Waals surface area contributed by atoms with Crippen LogP contribution < -0.4 is 10.1 Å². The van der Waals surface area contributed by atoms with Crippen molar-refractivity contribution in [3.8, 4) is 5.75 Å². The highest BCUT2D eigenvalue weighted by atomic mass is 79.9. The SMILES string of the molecule is COc1ccc(Br)cc1CC(=O)C1CC2CCCCC2N1. The number of methoxy groups -OCH3 is 1. The molecule has 3 unspecified atom stereocenters. The van der Waals surface area contributed by atoms with Gasteiger partial charge in [0, 0.05) is 22.5 Å². The van der Waals surface area contributed by atoms with E-state index in [9.17, 15) is 4.79 Å². The standard InChI is InChI=1S/C17H22BrNO2/c1-21-17-7-6-13(18)8-12(17)10-16(20)15-9-11-4-2-3-5-14(11)19-15/h6-8,11,14-15,19H,2-5,9-10H2,1H3. The smallest absolute Gasteiger partial charge is 0.154 e. The lowest BCUT2D eigenvalue weighted by atomic mass is 9.84. The molecule has 1 aliphatic heterocycles. The van der Waals surface area contributed by atoms with Crippen molar-refractivity contribution >= 4 is 21.7 Å². The minimum absolute atomic E-state index is 0.0294. The van der Waals surface area contributed by atoms with E-state index in [1.807, 2.05) is 18.2 Å². The number of hydrogen-bond donors (Lipinski definition) is 1. The Bertz CT molecular complexity index is 518. The molecule has 21 heavy (non-hydrogen) atoms. The zero-order valence-electron chi connectivity index (χ0n) is 12.4. The summed E-state index contributed by atoms with van der Waals surface area (Å²) in [5.74, 6) is 1.79. The van der Waals surface area contributed by atoms with Gasteiger partial charge in [-0.3, -0.25) is 4.79 Å². The zero-order valence-corrected chi connectivity index (χ0v) is 14.0. The maximum atomic E-state index is 12.6. The fraction of sp³-hybridized carbons (Fsp3) is 0.588. The number of carbonyl (C=O) groups excluding carboxylic acids is 1. The molecule has 3 rings (SSSR count). The molecule has 2 fully saturated rings. The van der Waals surface area contributed by atoms with Crippen molar-refractivity contribution in [1.82, 2.24) is 5.32 Å². The molecule has 1 saturated heterocycles. The highest BCUT2D eigenvalue weighted by molar-refractivity contribution is 9.10. The van der Waals surface area contributed by atoms with Gasteiger partial charge in [0.05, 0.1) is 13.2 Å². The number of halogens is 1. The molecular formula is C17H22BrNO2. The van der Waals surface area contributed by atoms with Crippen LogP contribution >= 0.6 is 15.9 Å². The third-order valence-corrected chi connectivity index (χ3v) is 5.35. The molecule has 3 atom stereocenters. The van der Waals surface area contributed by atoms with Crippen molar-refractivity contribution in [2.24, 2.45) is 5.92 Å². The van der Waals surface area contributed by atoms with Crippen LogP contribution in [-0.4, -0.2) is 25.0 Å². The molecule has 1 aromatic rings. The third kappa shape index (κ3) is 3.32. The first kappa shape index (κ1) is 15.0. The summed E-state index contributed by atoms with van der Waals surface area (Å²) in [6, 6.07) is 6.43. The van der Waals surface area contributed by atoms with Gasteiger partial charge in [-0.15, -0.1) is 0 Å². The Balaban J connectivity index is 1.68. The molecule has 1 aromatic carbocycles.